The fourth-order valence-electron chi connectivity index (χ4n) is 1.80. The van der Waals surface area contributed by atoms with Crippen LogP contribution in [0.15, 0.2) is 53.4 Å². The highest BCUT2D eigenvalue weighted by Gasteiger charge is 2.17. The van der Waals surface area contributed by atoms with Gasteiger partial charge in [0.05, 0.1) is 5.02 Å². The van der Waals surface area contributed by atoms with Crippen molar-refractivity contribution in [3.63, 3.8) is 0 Å². The van der Waals surface area contributed by atoms with E-state index in [-0.39, 0.29) is 9.92 Å². The Morgan fingerprint density at radius 3 is 2.24 bits per heavy atom. The van der Waals surface area contributed by atoms with Crippen molar-refractivity contribution < 1.29 is 8.42 Å². The Morgan fingerprint density at radius 2 is 1.62 bits per heavy atom. The molecule has 0 heterocycles. The van der Waals surface area contributed by atoms with Gasteiger partial charge in [-0.25, -0.2) is 8.42 Å². The first-order valence-corrected chi connectivity index (χ1v) is 8.50. The summed E-state index contributed by atoms with van der Waals surface area (Å²) in [4.78, 5) is 0.0693. The molecule has 0 bridgehead atoms. The SMILES string of the molecule is CCCNc1ccc(NS(=O)(=O)c2ccccc2Cl)cc1. The number of nitrogens with one attached hydrogen (secondary N) is 2. The van der Waals surface area contributed by atoms with E-state index < -0.39 is 10.0 Å². The Labute approximate surface area is 130 Å². The molecule has 0 aliphatic carbocycles. The molecule has 0 unspecified atom stereocenters. The Balaban J connectivity index is 2.16. The van der Waals surface area contributed by atoms with Crippen molar-refractivity contribution in [1.82, 2.24) is 0 Å². The molecule has 0 aromatic heterocycles. The van der Waals surface area contributed by atoms with Gasteiger partial charge in [-0.2, -0.15) is 0 Å². The largest absolute Gasteiger partial charge is 0.385 e. The van der Waals surface area contributed by atoms with E-state index in [4.69, 9.17) is 11.6 Å². The summed E-state index contributed by atoms with van der Waals surface area (Å²) in [5.41, 5.74) is 1.45. The second-order valence-electron chi connectivity index (χ2n) is 4.54. The topological polar surface area (TPSA) is 58.2 Å². The highest BCUT2D eigenvalue weighted by molar-refractivity contribution is 7.92. The van der Waals surface area contributed by atoms with E-state index in [1.54, 1.807) is 30.3 Å². The van der Waals surface area contributed by atoms with Gasteiger partial charge in [0.2, 0.25) is 0 Å². The van der Waals surface area contributed by atoms with Crippen LogP contribution in [0.25, 0.3) is 0 Å². The van der Waals surface area contributed by atoms with Crippen LogP contribution in [0.1, 0.15) is 13.3 Å². The van der Waals surface area contributed by atoms with Crippen LogP contribution in [0, 0.1) is 0 Å². The van der Waals surface area contributed by atoms with Gasteiger partial charge in [0.15, 0.2) is 0 Å². The van der Waals surface area contributed by atoms with E-state index >= 15 is 0 Å². The lowest BCUT2D eigenvalue weighted by Gasteiger charge is -2.10. The first-order valence-electron chi connectivity index (χ1n) is 6.64. The van der Waals surface area contributed by atoms with E-state index in [1.807, 2.05) is 12.1 Å². The standard InChI is InChI=1S/C15H17ClN2O2S/c1-2-11-17-12-7-9-13(10-8-12)18-21(19,20)15-6-4-3-5-14(15)16/h3-10,17-18H,2,11H2,1H3. The molecule has 21 heavy (non-hydrogen) atoms. The molecule has 2 rings (SSSR count). The fraction of sp³-hybridized carbons (Fsp3) is 0.200. The summed E-state index contributed by atoms with van der Waals surface area (Å²) in [6, 6.07) is 13.4. The van der Waals surface area contributed by atoms with Crippen LogP contribution in [0.5, 0.6) is 0 Å². The third-order valence-electron chi connectivity index (χ3n) is 2.84. The maximum atomic E-state index is 12.3. The Morgan fingerprint density at radius 1 is 1.00 bits per heavy atom. The van der Waals surface area contributed by atoms with Gasteiger partial charge < -0.3 is 5.32 Å². The summed E-state index contributed by atoms with van der Waals surface area (Å²) < 4.78 is 27.1. The molecule has 2 aromatic rings. The summed E-state index contributed by atoms with van der Waals surface area (Å²) in [7, 11) is -3.68. The third-order valence-corrected chi connectivity index (χ3v) is 4.72. The Bertz CT molecular complexity index is 700. The van der Waals surface area contributed by atoms with Crippen molar-refractivity contribution in [3.8, 4) is 0 Å². The van der Waals surface area contributed by atoms with E-state index in [9.17, 15) is 8.42 Å². The summed E-state index contributed by atoms with van der Waals surface area (Å²) in [6.07, 6.45) is 1.03. The van der Waals surface area contributed by atoms with Crippen molar-refractivity contribution in [2.45, 2.75) is 18.2 Å². The van der Waals surface area contributed by atoms with Crippen LogP contribution in [0.2, 0.25) is 5.02 Å². The van der Waals surface area contributed by atoms with E-state index in [1.165, 1.54) is 6.07 Å². The lowest BCUT2D eigenvalue weighted by atomic mass is 10.3. The number of sulfonamides is 1. The summed E-state index contributed by atoms with van der Waals surface area (Å²) >= 11 is 5.93. The summed E-state index contributed by atoms with van der Waals surface area (Å²) in [5, 5.41) is 3.43. The van der Waals surface area contributed by atoms with Crippen LogP contribution in [0.4, 0.5) is 11.4 Å². The first kappa shape index (κ1) is 15.7. The molecular weight excluding hydrogens is 308 g/mol. The van der Waals surface area contributed by atoms with Gasteiger partial charge in [-0.3, -0.25) is 4.72 Å². The molecule has 0 saturated carbocycles. The quantitative estimate of drug-likeness (QED) is 0.845. The lowest BCUT2D eigenvalue weighted by Crippen LogP contribution is -2.13. The number of benzene rings is 2. The summed E-state index contributed by atoms with van der Waals surface area (Å²) in [5.74, 6) is 0. The highest BCUT2D eigenvalue weighted by Crippen LogP contribution is 2.23. The Hall–Kier alpha value is -1.72. The summed E-state index contributed by atoms with van der Waals surface area (Å²) in [6.45, 7) is 2.96. The molecule has 0 radical (unpaired) electrons. The molecule has 0 fully saturated rings. The minimum atomic E-state index is -3.68. The third kappa shape index (κ3) is 4.12. The van der Waals surface area contributed by atoms with E-state index in [2.05, 4.69) is 17.0 Å². The number of halogens is 1. The van der Waals surface area contributed by atoms with Crippen molar-refractivity contribution in [3.05, 3.63) is 53.6 Å². The van der Waals surface area contributed by atoms with Gasteiger partial charge in [-0.1, -0.05) is 30.7 Å². The van der Waals surface area contributed by atoms with Crippen molar-refractivity contribution >= 4 is 33.0 Å². The predicted octanol–water partition coefficient (Wildman–Crippen LogP) is 3.96. The monoisotopic (exact) mass is 324 g/mol. The van der Waals surface area contributed by atoms with E-state index in [0.717, 1.165) is 18.7 Å². The van der Waals surface area contributed by atoms with Crippen LogP contribution in [-0.4, -0.2) is 15.0 Å². The lowest BCUT2D eigenvalue weighted by molar-refractivity contribution is 0.601. The number of hydrogen-bond donors (Lipinski definition) is 2. The van der Waals surface area contributed by atoms with Gasteiger partial charge in [-0.15, -0.1) is 0 Å². The average Bonchev–Trinajstić information content (AvgIpc) is 2.46. The molecule has 112 valence electrons. The number of rotatable bonds is 6. The molecular formula is C15H17ClN2O2S. The Kier molecular flexibility index (Phi) is 5.09. The van der Waals surface area contributed by atoms with Crippen LogP contribution >= 0.6 is 11.6 Å². The maximum absolute atomic E-state index is 12.3. The molecule has 0 spiro atoms. The van der Waals surface area contributed by atoms with Crippen molar-refractivity contribution in [2.24, 2.45) is 0 Å². The normalized spacial score (nSPS) is 11.1. The predicted molar refractivity (Wildman–Crippen MR) is 87.5 cm³/mol. The van der Waals surface area contributed by atoms with Crippen LogP contribution < -0.4 is 10.0 Å². The highest BCUT2D eigenvalue weighted by atomic mass is 35.5. The van der Waals surface area contributed by atoms with Crippen LogP contribution in [0.3, 0.4) is 0 Å². The minimum absolute atomic E-state index is 0.0693. The molecule has 0 aliphatic rings. The zero-order valence-corrected chi connectivity index (χ0v) is 13.2. The molecule has 0 atom stereocenters. The van der Waals surface area contributed by atoms with Gasteiger partial charge in [0.1, 0.15) is 4.90 Å². The molecule has 2 aromatic carbocycles. The molecule has 2 N–H and O–H groups in total. The number of anilines is 2. The van der Waals surface area contributed by atoms with Gasteiger partial charge in [0.25, 0.3) is 10.0 Å². The average molecular weight is 325 g/mol. The molecule has 6 heteroatoms. The maximum Gasteiger partial charge on any atom is 0.263 e. The van der Waals surface area contributed by atoms with Gasteiger partial charge in [-0.05, 0) is 42.8 Å². The zero-order chi connectivity index (χ0) is 15.3. The molecule has 0 amide bonds. The molecule has 0 aliphatic heterocycles. The van der Waals surface area contributed by atoms with Gasteiger partial charge >= 0.3 is 0 Å². The minimum Gasteiger partial charge on any atom is -0.385 e. The fourth-order valence-corrected chi connectivity index (χ4v) is 3.38. The molecule has 4 nitrogen and oxygen atoms in total. The second kappa shape index (κ2) is 6.83. The zero-order valence-electron chi connectivity index (χ0n) is 11.6. The smallest absolute Gasteiger partial charge is 0.263 e. The van der Waals surface area contributed by atoms with Crippen LogP contribution in [-0.2, 0) is 10.0 Å². The number of hydrogen-bond acceptors (Lipinski definition) is 3. The second-order valence-corrected chi connectivity index (χ2v) is 6.60. The van der Waals surface area contributed by atoms with Gasteiger partial charge in [0, 0.05) is 17.9 Å². The van der Waals surface area contributed by atoms with Crippen molar-refractivity contribution in [2.75, 3.05) is 16.6 Å². The van der Waals surface area contributed by atoms with Crippen molar-refractivity contribution in [1.29, 1.82) is 0 Å². The molecule has 0 saturated heterocycles. The van der Waals surface area contributed by atoms with E-state index in [0.29, 0.717) is 5.69 Å². The first-order chi connectivity index (χ1) is 10.0.